The van der Waals surface area contributed by atoms with Crippen molar-refractivity contribution in [2.24, 2.45) is 0 Å². The number of hydrogen-bond acceptors (Lipinski definition) is 6. The van der Waals surface area contributed by atoms with E-state index < -0.39 is 16.1 Å². The summed E-state index contributed by atoms with van der Waals surface area (Å²) in [5.41, 5.74) is 2.85. The van der Waals surface area contributed by atoms with Crippen molar-refractivity contribution >= 4 is 163 Å². The topological polar surface area (TPSA) is 0 Å². The molecule has 6 heterocycles. The summed E-state index contributed by atoms with van der Waals surface area (Å²) in [6, 6.07) is 0. The van der Waals surface area contributed by atoms with Crippen molar-refractivity contribution in [2.45, 2.75) is 39.3 Å². The van der Waals surface area contributed by atoms with E-state index in [1.807, 2.05) is 68.0 Å². The van der Waals surface area contributed by atoms with Crippen molar-refractivity contribution in [3.8, 4) is 11.1 Å². The fourth-order valence-electron chi connectivity index (χ4n) is 4.18. The Labute approximate surface area is 230 Å². The molecule has 6 aromatic rings. The minimum Gasteiger partial charge on any atom is -0.133 e. The first-order chi connectivity index (χ1) is 15.0. The van der Waals surface area contributed by atoms with E-state index in [2.05, 4.69) is 81.9 Å². The Bertz CT molecular complexity index is 1550. The summed E-state index contributed by atoms with van der Waals surface area (Å²) >= 11 is 20.0. The highest BCUT2D eigenvalue weighted by Gasteiger charge is 2.30. The van der Waals surface area contributed by atoms with Gasteiger partial charge in [0.1, 0.15) is 0 Å². The molecule has 0 bridgehead atoms. The van der Waals surface area contributed by atoms with Crippen LogP contribution in [0.5, 0.6) is 0 Å². The van der Waals surface area contributed by atoms with E-state index in [9.17, 15) is 0 Å². The van der Waals surface area contributed by atoms with Gasteiger partial charge in [-0.1, -0.05) is 39.3 Å². The molecule has 0 nitrogen and oxygen atoms in total. The van der Waals surface area contributed by atoms with Crippen molar-refractivity contribution in [3.63, 3.8) is 0 Å². The van der Waals surface area contributed by atoms with Gasteiger partial charge in [-0.05, 0) is 31.9 Å². The molecule has 0 saturated heterocycles. The highest BCUT2D eigenvalue weighted by atomic mass is 79.9. The van der Waals surface area contributed by atoms with Gasteiger partial charge in [0.15, 0.2) is 0 Å². The molecule has 0 spiro atoms. The fraction of sp³-hybridized carbons (Fsp3) is 0.273. The van der Waals surface area contributed by atoms with E-state index in [-0.39, 0.29) is 0 Å². The van der Waals surface area contributed by atoms with Crippen LogP contribution in [0.2, 0.25) is 39.3 Å². The van der Waals surface area contributed by atoms with Crippen molar-refractivity contribution in [2.75, 3.05) is 0 Å². The summed E-state index contributed by atoms with van der Waals surface area (Å²) in [7, 11) is -2.77. The highest BCUT2D eigenvalue weighted by molar-refractivity contribution is 9.11. The van der Waals surface area contributed by atoms with Crippen LogP contribution in [-0.4, -0.2) is 16.1 Å². The van der Waals surface area contributed by atoms with E-state index in [1.54, 1.807) is 9.00 Å². The molecule has 6 rings (SSSR count). The zero-order valence-corrected chi connectivity index (χ0v) is 28.4. The molecule has 0 radical (unpaired) electrons. The molecule has 166 valence electrons. The molecule has 0 aromatic carbocycles. The van der Waals surface area contributed by atoms with E-state index >= 15 is 0 Å². The second kappa shape index (κ2) is 7.57. The third-order valence-electron chi connectivity index (χ3n) is 5.67. The molecule has 0 N–H and O–H groups in total. The normalized spacial score (nSPS) is 13.6. The van der Waals surface area contributed by atoms with Gasteiger partial charge >= 0.3 is 0 Å². The predicted octanol–water partition coefficient (Wildman–Crippen LogP) is 11.0. The van der Waals surface area contributed by atoms with Gasteiger partial charge in [-0.25, -0.2) is 0 Å². The van der Waals surface area contributed by atoms with Gasteiger partial charge in [-0.2, -0.15) is 0 Å². The Hall–Kier alpha value is 0.634. The molecule has 0 unspecified atom stereocenters. The molecule has 0 aliphatic rings. The molecule has 0 saturated carbocycles. The molecule has 0 aliphatic carbocycles. The standard InChI is InChI=1S/C22H20Br2S6Si2/c1-31(2,3)21-15(23)13-11-9(7-25-17(11)27-19(13)29-21)10-8-26-18-12(10)14-16(24)22(32(4,5)6)30-20(14)28-18/h7-8H,1-6H3. The molecular formula is C22H20Br2S6Si2. The molecule has 10 heteroatoms. The number of rotatable bonds is 3. The number of fused-ring (bicyclic) bond motifs is 6. The van der Waals surface area contributed by atoms with Crippen molar-refractivity contribution in [1.82, 2.24) is 0 Å². The lowest BCUT2D eigenvalue weighted by Crippen LogP contribution is -2.35. The second-order valence-corrected chi connectivity index (χ2v) is 29.3. The van der Waals surface area contributed by atoms with Crippen LogP contribution < -0.4 is 9.00 Å². The Morgan fingerprint density at radius 2 is 0.906 bits per heavy atom. The van der Waals surface area contributed by atoms with Gasteiger partial charge < -0.3 is 0 Å². The monoisotopic (exact) mass is 690 g/mol. The maximum Gasteiger partial charge on any atom is 0.0920 e. The van der Waals surface area contributed by atoms with Crippen LogP contribution >= 0.6 is 99.9 Å². The van der Waals surface area contributed by atoms with Crippen LogP contribution in [-0.2, 0) is 0 Å². The third-order valence-corrected chi connectivity index (χ3v) is 22.8. The van der Waals surface area contributed by atoms with Crippen molar-refractivity contribution < 1.29 is 0 Å². The third kappa shape index (κ3) is 3.27. The Kier molecular flexibility index (Phi) is 5.45. The predicted molar refractivity (Wildman–Crippen MR) is 171 cm³/mol. The molecule has 6 aromatic heterocycles. The van der Waals surface area contributed by atoms with Gasteiger partial charge in [-0.15, -0.1) is 68.0 Å². The smallest absolute Gasteiger partial charge is 0.0920 e. The summed E-state index contributed by atoms with van der Waals surface area (Å²) in [5.74, 6) is 0. The van der Waals surface area contributed by atoms with Gasteiger partial charge in [0.2, 0.25) is 0 Å². The lowest BCUT2D eigenvalue weighted by Gasteiger charge is -2.14. The quantitative estimate of drug-likeness (QED) is 0.162. The Morgan fingerprint density at radius 1 is 0.531 bits per heavy atom. The number of halogens is 2. The summed E-state index contributed by atoms with van der Waals surface area (Å²) in [4.78, 5) is 0. The first-order valence-corrected chi connectivity index (χ1v) is 23.8. The minimum absolute atomic E-state index is 1.36. The van der Waals surface area contributed by atoms with Crippen LogP contribution in [0.1, 0.15) is 0 Å². The minimum atomic E-state index is -1.38. The van der Waals surface area contributed by atoms with Crippen LogP contribution in [0.25, 0.3) is 48.7 Å². The summed E-state index contributed by atoms with van der Waals surface area (Å²) in [6.07, 6.45) is 0. The number of hydrogen-bond donors (Lipinski definition) is 0. The Balaban J connectivity index is 1.68. The van der Waals surface area contributed by atoms with Gasteiger partial charge in [0.05, 0.1) is 32.2 Å². The van der Waals surface area contributed by atoms with Crippen molar-refractivity contribution in [3.05, 3.63) is 19.7 Å². The summed E-state index contributed by atoms with van der Waals surface area (Å²) in [6.45, 7) is 14.7. The SMILES string of the molecule is C[Si](C)(C)c1sc2sc3scc(-c4csc5sc6sc([Si](C)(C)C)c(Br)c6c45)c3c2c1Br. The molecular weight excluding hydrogens is 673 g/mol. The zero-order chi connectivity index (χ0) is 22.7. The average molecular weight is 693 g/mol. The van der Waals surface area contributed by atoms with E-state index in [0.717, 1.165) is 0 Å². The molecule has 0 atom stereocenters. The first-order valence-electron chi connectivity index (χ1n) is 10.2. The van der Waals surface area contributed by atoms with E-state index in [4.69, 9.17) is 0 Å². The average Bonchev–Trinajstić information content (AvgIpc) is 3.43. The Morgan fingerprint density at radius 3 is 1.25 bits per heavy atom. The second-order valence-electron chi connectivity index (χ2n) is 10.1. The molecule has 0 aliphatic heterocycles. The fourth-order valence-corrected chi connectivity index (χ4v) is 22.0. The highest BCUT2D eigenvalue weighted by Crippen LogP contribution is 2.54. The summed E-state index contributed by atoms with van der Waals surface area (Å²) < 4.78 is 11.8. The molecule has 0 fully saturated rings. The summed E-state index contributed by atoms with van der Waals surface area (Å²) in [5, 5.41) is 10.7. The van der Waals surface area contributed by atoms with Crippen LogP contribution in [0.15, 0.2) is 19.7 Å². The lowest BCUT2D eigenvalue weighted by molar-refractivity contribution is 1.78. The largest absolute Gasteiger partial charge is 0.133 e. The lowest BCUT2D eigenvalue weighted by atomic mass is 10.0. The van der Waals surface area contributed by atoms with E-state index in [1.165, 1.54) is 57.7 Å². The van der Waals surface area contributed by atoms with Gasteiger partial charge in [-0.3, -0.25) is 0 Å². The van der Waals surface area contributed by atoms with Crippen LogP contribution in [0, 0.1) is 0 Å². The first kappa shape index (κ1) is 23.1. The zero-order valence-electron chi connectivity index (χ0n) is 18.4. The maximum absolute atomic E-state index is 4.05. The van der Waals surface area contributed by atoms with Gasteiger partial charge in [0, 0.05) is 61.4 Å². The van der Waals surface area contributed by atoms with Crippen LogP contribution in [0.3, 0.4) is 0 Å². The van der Waals surface area contributed by atoms with Gasteiger partial charge in [0.25, 0.3) is 0 Å². The number of thiophene rings is 6. The molecule has 0 amide bonds. The molecule has 32 heavy (non-hydrogen) atoms. The van der Waals surface area contributed by atoms with Crippen LogP contribution in [0.4, 0.5) is 0 Å². The van der Waals surface area contributed by atoms with Crippen molar-refractivity contribution in [1.29, 1.82) is 0 Å². The van der Waals surface area contributed by atoms with E-state index in [0.29, 0.717) is 0 Å². The maximum atomic E-state index is 4.05.